The molecule has 2 atom stereocenters. The first-order valence-corrected chi connectivity index (χ1v) is 16.3. The van der Waals surface area contributed by atoms with Crippen LogP contribution in [0.15, 0.2) is 97.1 Å². The van der Waals surface area contributed by atoms with E-state index in [0.29, 0.717) is 31.5 Å². The largest absolute Gasteiger partial charge is 0.496 e. The molecule has 4 aromatic rings. The quantitative estimate of drug-likeness (QED) is 0.193. The molecule has 1 aliphatic carbocycles. The van der Waals surface area contributed by atoms with Crippen molar-refractivity contribution in [1.82, 2.24) is 9.80 Å². The number of fused-ring (bicyclic) bond motifs is 1. The third-order valence-electron chi connectivity index (χ3n) is 9.79. The summed E-state index contributed by atoms with van der Waals surface area (Å²) in [6.45, 7) is 3.12. The Morgan fingerprint density at radius 3 is 2.27 bits per heavy atom. The van der Waals surface area contributed by atoms with Crippen molar-refractivity contribution in [2.45, 2.75) is 50.7 Å². The molecule has 232 valence electrons. The van der Waals surface area contributed by atoms with Crippen molar-refractivity contribution in [3.8, 4) is 11.8 Å². The number of hydrogen-bond donors (Lipinski definition) is 0. The lowest BCUT2D eigenvalue weighted by Gasteiger charge is -2.44. The number of para-hydroxylation sites is 1. The minimum Gasteiger partial charge on any atom is -0.496 e. The van der Waals surface area contributed by atoms with Gasteiger partial charge in [0.15, 0.2) is 5.41 Å². The number of rotatable bonds is 10. The third-order valence-corrected chi connectivity index (χ3v) is 9.79. The molecule has 4 aromatic carbocycles. The van der Waals surface area contributed by atoms with Gasteiger partial charge in [0.25, 0.3) is 0 Å². The van der Waals surface area contributed by atoms with E-state index in [1.807, 2.05) is 77.7 Å². The van der Waals surface area contributed by atoms with Crippen LogP contribution in [0.3, 0.4) is 0 Å². The number of benzene rings is 4. The average Bonchev–Trinajstić information content (AvgIpc) is 3.12. The minimum absolute atomic E-state index is 0.0496. The number of nitrogens with zero attached hydrogens (tertiary/aromatic N) is 3. The Bertz CT molecular complexity index is 1610. The highest BCUT2D eigenvalue weighted by Gasteiger charge is 2.52. The summed E-state index contributed by atoms with van der Waals surface area (Å²) in [5.74, 6) is -0.164. The van der Waals surface area contributed by atoms with Gasteiger partial charge in [-0.15, -0.1) is 0 Å². The van der Waals surface area contributed by atoms with E-state index in [9.17, 15) is 5.26 Å². The van der Waals surface area contributed by atoms with E-state index < -0.39 is 11.3 Å². The molecule has 0 aromatic heterocycles. The molecular weight excluding hydrogens is 558 g/mol. The number of carbonyl (C=O) groups is 1. The van der Waals surface area contributed by atoms with Crippen LogP contribution in [0, 0.1) is 16.7 Å². The van der Waals surface area contributed by atoms with E-state index in [0.717, 1.165) is 40.6 Å². The summed E-state index contributed by atoms with van der Waals surface area (Å²) in [7, 11) is 1.64. The molecule has 1 aliphatic heterocycles. The molecule has 0 spiro atoms. The summed E-state index contributed by atoms with van der Waals surface area (Å²) < 4.78 is 12.3. The van der Waals surface area contributed by atoms with Crippen molar-refractivity contribution < 1.29 is 14.3 Å². The lowest BCUT2D eigenvalue weighted by atomic mass is 9.67. The van der Waals surface area contributed by atoms with Gasteiger partial charge in [0.1, 0.15) is 5.75 Å². The SMILES string of the molecule is COc1ccccc1C(c1cccc2ccccc12)[C@](C#N)(COCc1ccccc1)C(=O)N1CCN(C2CCCCC2)CC1. The van der Waals surface area contributed by atoms with Gasteiger partial charge in [-0.2, -0.15) is 5.26 Å². The second-order valence-corrected chi connectivity index (χ2v) is 12.4. The second kappa shape index (κ2) is 14.3. The van der Waals surface area contributed by atoms with E-state index in [1.165, 1.54) is 32.1 Å². The number of ether oxygens (including phenoxy) is 2. The van der Waals surface area contributed by atoms with E-state index in [4.69, 9.17) is 9.47 Å². The van der Waals surface area contributed by atoms with Crippen LogP contribution in [0.1, 0.15) is 54.7 Å². The number of nitriles is 1. The monoisotopic (exact) mass is 601 g/mol. The first kappa shape index (κ1) is 30.8. The number of piperazine rings is 1. The predicted molar refractivity (Wildman–Crippen MR) is 178 cm³/mol. The van der Waals surface area contributed by atoms with Crippen LogP contribution in [-0.4, -0.2) is 61.6 Å². The Balaban J connectivity index is 1.43. The minimum atomic E-state index is -1.54. The smallest absolute Gasteiger partial charge is 0.246 e. The maximum Gasteiger partial charge on any atom is 0.246 e. The Morgan fingerprint density at radius 1 is 0.844 bits per heavy atom. The highest BCUT2D eigenvalue weighted by atomic mass is 16.5. The molecule has 2 fully saturated rings. The number of methoxy groups -OCH3 is 1. The zero-order valence-corrected chi connectivity index (χ0v) is 26.2. The lowest BCUT2D eigenvalue weighted by Crippen LogP contribution is -2.57. The molecular formula is C39H43N3O3. The highest BCUT2D eigenvalue weighted by molar-refractivity contribution is 5.92. The molecule has 1 amide bonds. The molecule has 1 saturated heterocycles. The maximum atomic E-state index is 15.1. The molecule has 1 heterocycles. The zero-order chi connectivity index (χ0) is 31.1. The summed E-state index contributed by atoms with van der Waals surface area (Å²) in [5, 5.41) is 13.4. The molecule has 1 unspecified atom stereocenters. The molecule has 0 radical (unpaired) electrons. The van der Waals surface area contributed by atoms with Gasteiger partial charge in [-0.25, -0.2) is 0 Å². The van der Waals surface area contributed by atoms with Crippen molar-refractivity contribution in [2.24, 2.45) is 5.41 Å². The summed E-state index contributed by atoms with van der Waals surface area (Å²) in [4.78, 5) is 19.5. The van der Waals surface area contributed by atoms with Crippen LogP contribution in [-0.2, 0) is 16.1 Å². The molecule has 6 rings (SSSR count). The van der Waals surface area contributed by atoms with Crippen molar-refractivity contribution in [1.29, 1.82) is 5.26 Å². The van der Waals surface area contributed by atoms with Crippen molar-refractivity contribution in [2.75, 3.05) is 39.9 Å². The van der Waals surface area contributed by atoms with Gasteiger partial charge in [0.2, 0.25) is 5.91 Å². The number of carbonyl (C=O) groups excluding carboxylic acids is 1. The van der Waals surface area contributed by atoms with E-state index >= 15 is 4.79 Å². The molecule has 1 saturated carbocycles. The number of hydrogen-bond acceptors (Lipinski definition) is 5. The van der Waals surface area contributed by atoms with Crippen LogP contribution in [0.4, 0.5) is 0 Å². The Kier molecular flexibility index (Phi) is 9.78. The maximum absolute atomic E-state index is 15.1. The van der Waals surface area contributed by atoms with Crippen LogP contribution in [0.2, 0.25) is 0 Å². The van der Waals surface area contributed by atoms with Gasteiger partial charge in [-0.05, 0) is 40.8 Å². The molecule has 45 heavy (non-hydrogen) atoms. The highest BCUT2D eigenvalue weighted by Crippen LogP contribution is 2.48. The average molecular weight is 602 g/mol. The fraction of sp³-hybridized carbons (Fsp3) is 0.385. The Morgan fingerprint density at radius 2 is 1.51 bits per heavy atom. The summed E-state index contributed by atoms with van der Waals surface area (Å²) in [6.07, 6.45) is 6.36. The van der Waals surface area contributed by atoms with Gasteiger partial charge in [-0.3, -0.25) is 9.69 Å². The second-order valence-electron chi connectivity index (χ2n) is 12.4. The Labute approximate surface area is 267 Å². The van der Waals surface area contributed by atoms with E-state index in [1.54, 1.807) is 7.11 Å². The first-order chi connectivity index (χ1) is 22.1. The fourth-order valence-electron chi connectivity index (χ4n) is 7.44. The van der Waals surface area contributed by atoms with E-state index in [2.05, 4.69) is 35.2 Å². The van der Waals surface area contributed by atoms with Gasteiger partial charge < -0.3 is 14.4 Å². The van der Waals surface area contributed by atoms with Crippen molar-refractivity contribution in [3.63, 3.8) is 0 Å². The molecule has 6 nitrogen and oxygen atoms in total. The van der Waals surface area contributed by atoms with Crippen LogP contribution in [0.25, 0.3) is 10.8 Å². The molecule has 0 N–H and O–H groups in total. The summed E-state index contributed by atoms with van der Waals surface area (Å²) >= 11 is 0. The van der Waals surface area contributed by atoms with Crippen LogP contribution in [0.5, 0.6) is 5.75 Å². The number of amides is 1. The van der Waals surface area contributed by atoms with Crippen molar-refractivity contribution >= 4 is 16.7 Å². The van der Waals surface area contributed by atoms with Gasteiger partial charge in [0, 0.05) is 43.7 Å². The fourth-order valence-corrected chi connectivity index (χ4v) is 7.44. The Hall–Kier alpha value is -4.18. The van der Waals surface area contributed by atoms with Gasteiger partial charge in [0.05, 0.1) is 26.4 Å². The van der Waals surface area contributed by atoms with Gasteiger partial charge >= 0.3 is 0 Å². The first-order valence-electron chi connectivity index (χ1n) is 16.3. The standard InChI is InChI=1S/C39H43N3O3/c1-44-36-22-11-10-20-35(36)37(34-21-12-16-31-15-8-9-19-33(31)34)39(28-40,29-45-27-30-13-4-2-5-14-30)38(43)42-25-23-41(24-26-42)32-17-6-3-7-18-32/h2,4-5,8-16,19-22,32,37H,3,6-7,17-18,23-27,29H2,1H3/t37?,39-/m0/s1. The third kappa shape index (κ3) is 6.47. The molecule has 6 heteroatoms. The van der Waals surface area contributed by atoms with Crippen LogP contribution < -0.4 is 4.74 Å². The van der Waals surface area contributed by atoms with E-state index in [-0.39, 0.29) is 12.5 Å². The predicted octanol–water partition coefficient (Wildman–Crippen LogP) is 7.18. The summed E-state index contributed by atoms with van der Waals surface area (Å²) in [6, 6.07) is 35.2. The lowest BCUT2D eigenvalue weighted by molar-refractivity contribution is -0.145. The molecule has 2 aliphatic rings. The zero-order valence-electron chi connectivity index (χ0n) is 26.2. The van der Waals surface area contributed by atoms with Crippen LogP contribution >= 0.6 is 0 Å². The normalized spacial score (nSPS) is 18.2. The topological polar surface area (TPSA) is 65.8 Å². The van der Waals surface area contributed by atoms with Crippen molar-refractivity contribution in [3.05, 3.63) is 114 Å². The molecule has 0 bridgehead atoms. The van der Waals surface area contributed by atoms with Gasteiger partial charge in [-0.1, -0.05) is 110 Å². The summed E-state index contributed by atoms with van der Waals surface area (Å²) in [5.41, 5.74) is 1.17.